The van der Waals surface area contributed by atoms with Gasteiger partial charge in [-0.1, -0.05) is 12.1 Å². The van der Waals surface area contributed by atoms with Crippen LogP contribution in [0.25, 0.3) is 0 Å². The third-order valence-electron chi connectivity index (χ3n) is 2.72. The van der Waals surface area contributed by atoms with Crippen LogP contribution >= 0.6 is 0 Å². The summed E-state index contributed by atoms with van der Waals surface area (Å²) in [5.74, 6) is -1.40. The fourth-order valence-electron chi connectivity index (χ4n) is 1.67. The molecule has 0 saturated carbocycles. The molecule has 0 aliphatic carbocycles. The minimum absolute atomic E-state index is 0.0280. The molecule has 2 N–H and O–H groups in total. The van der Waals surface area contributed by atoms with Crippen LogP contribution in [0.15, 0.2) is 18.2 Å². The second-order valence-electron chi connectivity index (χ2n) is 4.47. The van der Waals surface area contributed by atoms with Crippen LogP contribution in [0.1, 0.15) is 19.4 Å². The molecule has 0 fully saturated rings. The Bertz CT molecular complexity index is 491. The molecule has 1 aromatic rings. The van der Waals surface area contributed by atoms with E-state index in [2.05, 4.69) is 0 Å². The number of halogens is 1. The number of amides is 1. The van der Waals surface area contributed by atoms with E-state index in [4.69, 9.17) is 5.73 Å². The first kappa shape index (κ1) is 15.0. The molecular weight excluding hydrogens is 253 g/mol. The lowest BCUT2D eigenvalue weighted by atomic mass is 10.1. The van der Waals surface area contributed by atoms with Gasteiger partial charge >= 0.3 is 5.69 Å². The lowest BCUT2D eigenvalue weighted by Gasteiger charge is -2.25. The third kappa shape index (κ3) is 3.99. The summed E-state index contributed by atoms with van der Waals surface area (Å²) in [4.78, 5) is 22.5. The van der Waals surface area contributed by atoms with Crippen LogP contribution in [0.2, 0.25) is 0 Å². The van der Waals surface area contributed by atoms with Gasteiger partial charge in [-0.25, -0.2) is 0 Å². The highest BCUT2D eigenvalue weighted by molar-refractivity contribution is 5.75. The molecule has 7 heteroatoms. The van der Waals surface area contributed by atoms with Crippen molar-refractivity contribution in [2.75, 3.05) is 6.54 Å². The monoisotopic (exact) mass is 269 g/mol. The number of primary amides is 1. The summed E-state index contributed by atoms with van der Waals surface area (Å²) < 4.78 is 13.9. The number of nitro groups is 1. The predicted octanol–water partition coefficient (Wildman–Crippen LogP) is 1.43. The number of nitro benzene ring substituents is 1. The lowest BCUT2D eigenvalue weighted by Crippen LogP contribution is -2.38. The fourth-order valence-corrected chi connectivity index (χ4v) is 1.67. The summed E-state index contributed by atoms with van der Waals surface area (Å²) in [6.45, 7) is 3.73. The smallest absolute Gasteiger partial charge is 0.305 e. The van der Waals surface area contributed by atoms with Crippen molar-refractivity contribution in [2.45, 2.75) is 26.4 Å². The van der Waals surface area contributed by atoms with E-state index in [1.54, 1.807) is 4.90 Å². The van der Waals surface area contributed by atoms with Crippen LogP contribution in [0, 0.1) is 15.9 Å². The molecule has 0 radical (unpaired) electrons. The van der Waals surface area contributed by atoms with Crippen LogP contribution in [0.5, 0.6) is 0 Å². The van der Waals surface area contributed by atoms with Crippen molar-refractivity contribution in [3.05, 3.63) is 39.7 Å². The average Bonchev–Trinajstić information content (AvgIpc) is 2.29. The topological polar surface area (TPSA) is 89.5 Å². The Morgan fingerprint density at radius 1 is 1.53 bits per heavy atom. The minimum Gasteiger partial charge on any atom is -0.369 e. The first-order valence-electron chi connectivity index (χ1n) is 5.77. The van der Waals surface area contributed by atoms with Crippen molar-refractivity contribution in [2.24, 2.45) is 5.73 Å². The average molecular weight is 269 g/mol. The third-order valence-corrected chi connectivity index (χ3v) is 2.72. The van der Waals surface area contributed by atoms with E-state index >= 15 is 0 Å². The number of carbonyl (C=O) groups excluding carboxylic acids is 1. The van der Waals surface area contributed by atoms with Crippen molar-refractivity contribution < 1.29 is 14.1 Å². The van der Waals surface area contributed by atoms with E-state index in [0.29, 0.717) is 0 Å². The van der Waals surface area contributed by atoms with Crippen molar-refractivity contribution >= 4 is 11.6 Å². The SMILES string of the molecule is CC(C)N(CC(N)=O)Cc1cccc([N+](=O)[O-])c1F. The zero-order valence-electron chi connectivity index (χ0n) is 10.8. The molecule has 0 spiro atoms. The largest absolute Gasteiger partial charge is 0.369 e. The van der Waals surface area contributed by atoms with E-state index in [9.17, 15) is 19.3 Å². The Balaban J connectivity index is 3.00. The number of hydrogen-bond acceptors (Lipinski definition) is 4. The van der Waals surface area contributed by atoms with Crippen LogP contribution in [0.3, 0.4) is 0 Å². The quantitative estimate of drug-likeness (QED) is 0.625. The molecule has 6 nitrogen and oxygen atoms in total. The van der Waals surface area contributed by atoms with E-state index in [1.807, 2.05) is 13.8 Å². The summed E-state index contributed by atoms with van der Waals surface area (Å²) in [6, 6.07) is 3.94. The molecule has 0 bridgehead atoms. The van der Waals surface area contributed by atoms with E-state index < -0.39 is 22.3 Å². The highest BCUT2D eigenvalue weighted by atomic mass is 19.1. The van der Waals surface area contributed by atoms with Gasteiger partial charge in [0.25, 0.3) is 0 Å². The van der Waals surface area contributed by atoms with Gasteiger partial charge in [0, 0.05) is 24.2 Å². The van der Waals surface area contributed by atoms with Gasteiger partial charge in [-0.15, -0.1) is 0 Å². The standard InChI is InChI=1S/C12H16FN3O3/c1-8(2)15(7-11(14)17)6-9-4-3-5-10(12(9)13)16(18)19/h3-5,8H,6-7H2,1-2H3,(H2,14,17). The van der Waals surface area contributed by atoms with Gasteiger partial charge in [-0.2, -0.15) is 4.39 Å². The van der Waals surface area contributed by atoms with Gasteiger partial charge < -0.3 is 5.73 Å². The van der Waals surface area contributed by atoms with Gasteiger partial charge in [-0.3, -0.25) is 19.8 Å². The molecule has 19 heavy (non-hydrogen) atoms. The number of hydrogen-bond donors (Lipinski definition) is 1. The second kappa shape index (κ2) is 6.24. The minimum atomic E-state index is -0.873. The van der Waals surface area contributed by atoms with Crippen molar-refractivity contribution in [3.8, 4) is 0 Å². The fraction of sp³-hybridized carbons (Fsp3) is 0.417. The number of rotatable bonds is 6. The summed E-state index contributed by atoms with van der Waals surface area (Å²) >= 11 is 0. The summed E-state index contributed by atoms with van der Waals surface area (Å²) in [6.07, 6.45) is 0. The summed E-state index contributed by atoms with van der Waals surface area (Å²) in [5.41, 5.74) is 4.72. The van der Waals surface area contributed by atoms with Gasteiger partial charge in [-0.05, 0) is 13.8 Å². The van der Waals surface area contributed by atoms with Gasteiger partial charge in [0.15, 0.2) is 0 Å². The van der Waals surface area contributed by atoms with Crippen molar-refractivity contribution in [1.82, 2.24) is 4.90 Å². The van der Waals surface area contributed by atoms with Gasteiger partial charge in [0.05, 0.1) is 11.5 Å². The molecule has 104 valence electrons. The zero-order chi connectivity index (χ0) is 14.6. The maximum absolute atomic E-state index is 13.9. The van der Waals surface area contributed by atoms with Crippen molar-refractivity contribution in [1.29, 1.82) is 0 Å². The second-order valence-corrected chi connectivity index (χ2v) is 4.47. The molecule has 0 aliphatic rings. The normalized spacial score (nSPS) is 11.0. The predicted molar refractivity (Wildman–Crippen MR) is 67.8 cm³/mol. The number of carbonyl (C=O) groups is 1. The Hall–Kier alpha value is -2.02. The van der Waals surface area contributed by atoms with Crippen molar-refractivity contribution in [3.63, 3.8) is 0 Å². The first-order valence-corrected chi connectivity index (χ1v) is 5.77. The number of benzene rings is 1. The van der Waals surface area contributed by atoms with Crippen LogP contribution < -0.4 is 5.73 Å². The van der Waals surface area contributed by atoms with Gasteiger partial charge in [0.1, 0.15) is 0 Å². The van der Waals surface area contributed by atoms with Crippen LogP contribution in [0.4, 0.5) is 10.1 Å². The van der Waals surface area contributed by atoms with Gasteiger partial charge in [0.2, 0.25) is 11.7 Å². The highest BCUT2D eigenvalue weighted by Crippen LogP contribution is 2.21. The maximum Gasteiger partial charge on any atom is 0.305 e. The molecule has 0 atom stereocenters. The Morgan fingerprint density at radius 2 is 2.16 bits per heavy atom. The van der Waals surface area contributed by atoms with Crippen LogP contribution in [-0.4, -0.2) is 28.3 Å². The molecule has 0 aromatic heterocycles. The maximum atomic E-state index is 13.9. The lowest BCUT2D eigenvalue weighted by molar-refractivity contribution is -0.387. The Kier molecular flexibility index (Phi) is 4.94. The zero-order valence-corrected chi connectivity index (χ0v) is 10.8. The Labute approximate surface area is 110 Å². The molecule has 0 aliphatic heterocycles. The molecule has 1 amide bonds. The number of nitrogens with zero attached hydrogens (tertiary/aromatic N) is 2. The number of nitrogens with two attached hydrogens (primary N) is 1. The summed E-state index contributed by atoms with van der Waals surface area (Å²) in [5, 5.41) is 10.6. The Morgan fingerprint density at radius 3 is 2.63 bits per heavy atom. The van der Waals surface area contributed by atoms with E-state index in [-0.39, 0.29) is 24.7 Å². The molecular formula is C12H16FN3O3. The highest BCUT2D eigenvalue weighted by Gasteiger charge is 2.20. The summed E-state index contributed by atoms with van der Waals surface area (Å²) in [7, 11) is 0. The first-order chi connectivity index (χ1) is 8.82. The molecule has 1 aromatic carbocycles. The molecule has 0 heterocycles. The molecule has 0 unspecified atom stereocenters. The van der Waals surface area contributed by atoms with E-state index in [0.717, 1.165) is 6.07 Å². The molecule has 1 rings (SSSR count). The van der Waals surface area contributed by atoms with Crippen LogP contribution in [-0.2, 0) is 11.3 Å². The van der Waals surface area contributed by atoms with E-state index in [1.165, 1.54) is 12.1 Å². The molecule has 0 saturated heterocycles.